The number of hydrogen-bond acceptors (Lipinski definition) is 2. The van der Waals surface area contributed by atoms with E-state index in [9.17, 15) is 9.59 Å². The van der Waals surface area contributed by atoms with Crippen molar-refractivity contribution in [2.75, 3.05) is 14.1 Å². The van der Waals surface area contributed by atoms with E-state index in [1.54, 1.807) is 37.2 Å². The SMILES string of the molecule is CN(C)C(=O)CCCCCc1cccc(C(=O)O)c1. The minimum absolute atomic E-state index is 0.160. The molecule has 0 unspecified atom stereocenters. The molecule has 0 spiro atoms. The molecule has 104 valence electrons. The molecule has 0 aromatic heterocycles. The average Bonchev–Trinajstić information content (AvgIpc) is 2.38. The van der Waals surface area contributed by atoms with E-state index < -0.39 is 5.97 Å². The second kappa shape index (κ2) is 7.56. The van der Waals surface area contributed by atoms with Gasteiger partial charge in [-0.25, -0.2) is 4.79 Å². The van der Waals surface area contributed by atoms with Crippen molar-refractivity contribution in [3.8, 4) is 0 Å². The first-order valence-electron chi connectivity index (χ1n) is 6.53. The zero-order valence-electron chi connectivity index (χ0n) is 11.6. The summed E-state index contributed by atoms with van der Waals surface area (Å²) in [5.74, 6) is -0.730. The number of carbonyl (C=O) groups is 2. The monoisotopic (exact) mass is 263 g/mol. The molecule has 0 radical (unpaired) electrons. The lowest BCUT2D eigenvalue weighted by Crippen LogP contribution is -2.20. The van der Waals surface area contributed by atoms with Crippen LogP contribution < -0.4 is 0 Å². The molecule has 1 aromatic carbocycles. The molecule has 0 saturated heterocycles. The number of rotatable bonds is 7. The normalized spacial score (nSPS) is 10.2. The van der Waals surface area contributed by atoms with Gasteiger partial charge >= 0.3 is 5.97 Å². The zero-order chi connectivity index (χ0) is 14.3. The van der Waals surface area contributed by atoms with Gasteiger partial charge in [-0.1, -0.05) is 18.6 Å². The van der Waals surface area contributed by atoms with Crippen LogP contribution >= 0.6 is 0 Å². The highest BCUT2D eigenvalue weighted by molar-refractivity contribution is 5.87. The van der Waals surface area contributed by atoms with Crippen LogP contribution in [0.2, 0.25) is 0 Å². The van der Waals surface area contributed by atoms with Gasteiger partial charge in [0, 0.05) is 20.5 Å². The second-order valence-electron chi connectivity index (χ2n) is 4.85. The van der Waals surface area contributed by atoms with E-state index in [1.807, 2.05) is 6.07 Å². The molecule has 1 N–H and O–H groups in total. The Balaban J connectivity index is 2.28. The smallest absolute Gasteiger partial charge is 0.335 e. The molecule has 0 aliphatic heterocycles. The first-order valence-corrected chi connectivity index (χ1v) is 6.53. The lowest BCUT2D eigenvalue weighted by Gasteiger charge is -2.09. The van der Waals surface area contributed by atoms with Crippen molar-refractivity contribution in [2.45, 2.75) is 32.1 Å². The largest absolute Gasteiger partial charge is 0.478 e. The third kappa shape index (κ3) is 5.55. The third-order valence-electron chi connectivity index (χ3n) is 3.03. The van der Waals surface area contributed by atoms with Crippen LogP contribution in [0.3, 0.4) is 0 Å². The quantitative estimate of drug-likeness (QED) is 0.769. The number of hydrogen-bond donors (Lipinski definition) is 1. The number of unbranched alkanes of at least 4 members (excludes halogenated alkanes) is 2. The standard InChI is InChI=1S/C15H21NO3/c1-16(2)14(17)10-5-3-4-7-12-8-6-9-13(11-12)15(18)19/h6,8-9,11H,3-5,7,10H2,1-2H3,(H,18,19). The molecule has 0 aliphatic rings. The molecule has 0 atom stereocenters. The van der Waals surface area contributed by atoms with Crippen molar-refractivity contribution in [1.29, 1.82) is 0 Å². The second-order valence-corrected chi connectivity index (χ2v) is 4.85. The van der Waals surface area contributed by atoms with Crippen LogP contribution in [0, 0.1) is 0 Å². The molecule has 0 saturated carbocycles. The van der Waals surface area contributed by atoms with E-state index in [0.717, 1.165) is 31.2 Å². The van der Waals surface area contributed by atoms with Crippen molar-refractivity contribution in [1.82, 2.24) is 4.90 Å². The molecule has 0 fully saturated rings. The predicted molar refractivity (Wildman–Crippen MR) is 74.3 cm³/mol. The molecule has 19 heavy (non-hydrogen) atoms. The van der Waals surface area contributed by atoms with E-state index in [1.165, 1.54) is 0 Å². The number of benzene rings is 1. The molecule has 4 heteroatoms. The minimum atomic E-state index is -0.890. The first-order chi connectivity index (χ1) is 9.00. The van der Waals surface area contributed by atoms with Gasteiger partial charge in [0.05, 0.1) is 5.56 Å². The molecular weight excluding hydrogens is 242 g/mol. The average molecular weight is 263 g/mol. The van der Waals surface area contributed by atoms with Gasteiger partial charge in [-0.3, -0.25) is 4.79 Å². The molecule has 0 bridgehead atoms. The summed E-state index contributed by atoms with van der Waals surface area (Å²) in [7, 11) is 3.53. The molecule has 1 aromatic rings. The highest BCUT2D eigenvalue weighted by Crippen LogP contribution is 2.11. The number of carboxylic acid groups (broad SMARTS) is 1. The molecule has 1 rings (SSSR count). The maximum absolute atomic E-state index is 11.4. The van der Waals surface area contributed by atoms with E-state index in [-0.39, 0.29) is 5.91 Å². The van der Waals surface area contributed by atoms with Gasteiger partial charge in [-0.15, -0.1) is 0 Å². The maximum atomic E-state index is 11.4. The number of carbonyl (C=O) groups excluding carboxylic acids is 1. The topological polar surface area (TPSA) is 57.6 Å². The molecule has 0 heterocycles. The fourth-order valence-corrected chi connectivity index (χ4v) is 1.87. The zero-order valence-corrected chi connectivity index (χ0v) is 11.6. The summed E-state index contributed by atoms with van der Waals surface area (Å²) in [6.07, 6.45) is 4.29. The van der Waals surface area contributed by atoms with Crippen molar-refractivity contribution >= 4 is 11.9 Å². The number of nitrogens with zero attached hydrogens (tertiary/aromatic N) is 1. The lowest BCUT2D eigenvalue weighted by atomic mass is 10.0. The van der Waals surface area contributed by atoms with E-state index in [0.29, 0.717) is 12.0 Å². The Morgan fingerprint density at radius 3 is 2.53 bits per heavy atom. The Hall–Kier alpha value is -1.84. The summed E-state index contributed by atoms with van der Waals surface area (Å²) < 4.78 is 0. The Morgan fingerprint density at radius 1 is 1.16 bits per heavy atom. The Kier molecular flexibility index (Phi) is 6.06. The Morgan fingerprint density at radius 2 is 1.89 bits per heavy atom. The lowest BCUT2D eigenvalue weighted by molar-refractivity contribution is -0.128. The molecule has 1 amide bonds. The summed E-state index contributed by atoms with van der Waals surface area (Å²) in [6.45, 7) is 0. The predicted octanol–water partition coefficient (Wildman–Crippen LogP) is 2.58. The van der Waals surface area contributed by atoms with Crippen LogP contribution in [-0.4, -0.2) is 36.0 Å². The number of aryl methyl sites for hydroxylation is 1. The van der Waals surface area contributed by atoms with Gasteiger partial charge in [-0.05, 0) is 37.0 Å². The van der Waals surface area contributed by atoms with Gasteiger partial charge < -0.3 is 10.0 Å². The number of amides is 1. The number of aromatic carboxylic acids is 1. The highest BCUT2D eigenvalue weighted by atomic mass is 16.4. The van der Waals surface area contributed by atoms with E-state index in [4.69, 9.17) is 5.11 Å². The van der Waals surface area contributed by atoms with Crippen LogP contribution in [-0.2, 0) is 11.2 Å². The molecular formula is C15H21NO3. The summed E-state index contributed by atoms with van der Waals surface area (Å²) >= 11 is 0. The fraction of sp³-hybridized carbons (Fsp3) is 0.467. The fourth-order valence-electron chi connectivity index (χ4n) is 1.87. The minimum Gasteiger partial charge on any atom is -0.478 e. The van der Waals surface area contributed by atoms with Crippen LogP contribution in [0.4, 0.5) is 0 Å². The number of carboxylic acids is 1. The third-order valence-corrected chi connectivity index (χ3v) is 3.03. The van der Waals surface area contributed by atoms with Gasteiger partial charge in [0.2, 0.25) is 5.91 Å². The van der Waals surface area contributed by atoms with Crippen LogP contribution in [0.5, 0.6) is 0 Å². The van der Waals surface area contributed by atoms with Crippen molar-refractivity contribution in [3.63, 3.8) is 0 Å². The van der Waals surface area contributed by atoms with Gasteiger partial charge in [0.1, 0.15) is 0 Å². The first kappa shape index (κ1) is 15.2. The summed E-state index contributed by atoms with van der Waals surface area (Å²) in [6, 6.07) is 7.03. The summed E-state index contributed by atoms with van der Waals surface area (Å²) in [5.41, 5.74) is 1.37. The molecule has 0 aliphatic carbocycles. The van der Waals surface area contributed by atoms with Crippen molar-refractivity contribution < 1.29 is 14.7 Å². The highest BCUT2D eigenvalue weighted by Gasteiger charge is 2.04. The molecule has 4 nitrogen and oxygen atoms in total. The Bertz CT molecular complexity index is 441. The van der Waals surface area contributed by atoms with Crippen LogP contribution in [0.1, 0.15) is 41.6 Å². The van der Waals surface area contributed by atoms with E-state index in [2.05, 4.69) is 0 Å². The summed E-state index contributed by atoms with van der Waals surface area (Å²) in [5, 5.41) is 8.89. The van der Waals surface area contributed by atoms with Gasteiger partial charge in [0.25, 0.3) is 0 Å². The van der Waals surface area contributed by atoms with Gasteiger partial charge in [-0.2, -0.15) is 0 Å². The van der Waals surface area contributed by atoms with Gasteiger partial charge in [0.15, 0.2) is 0 Å². The summed E-state index contributed by atoms with van der Waals surface area (Å²) in [4.78, 5) is 23.8. The maximum Gasteiger partial charge on any atom is 0.335 e. The van der Waals surface area contributed by atoms with Crippen molar-refractivity contribution in [2.24, 2.45) is 0 Å². The van der Waals surface area contributed by atoms with E-state index >= 15 is 0 Å². The van der Waals surface area contributed by atoms with Crippen LogP contribution in [0.15, 0.2) is 24.3 Å². The van der Waals surface area contributed by atoms with Crippen molar-refractivity contribution in [3.05, 3.63) is 35.4 Å². The van der Waals surface area contributed by atoms with Crippen LogP contribution in [0.25, 0.3) is 0 Å². The Labute approximate surface area is 114 Å².